The average molecular weight is 532 g/mol. The van der Waals surface area contributed by atoms with Crippen LogP contribution in [0.1, 0.15) is 75.1 Å². The molecule has 2 aromatic carbocycles. The quantitative estimate of drug-likeness (QED) is 0.333. The number of nitrogens with two attached hydrogens (primary N) is 1. The summed E-state index contributed by atoms with van der Waals surface area (Å²) in [6.45, 7) is 6.11. The van der Waals surface area contributed by atoms with Crippen LogP contribution in [-0.2, 0) is 10.3 Å². The lowest BCUT2D eigenvalue weighted by molar-refractivity contribution is -0.101. The van der Waals surface area contributed by atoms with Crippen molar-refractivity contribution in [1.82, 2.24) is 9.88 Å². The van der Waals surface area contributed by atoms with E-state index in [1.165, 1.54) is 18.4 Å². The molecule has 1 saturated carbocycles. The van der Waals surface area contributed by atoms with Crippen molar-refractivity contribution in [2.75, 3.05) is 6.54 Å². The van der Waals surface area contributed by atoms with Crippen LogP contribution in [0, 0.1) is 0 Å². The van der Waals surface area contributed by atoms with Crippen molar-refractivity contribution in [1.29, 1.82) is 0 Å². The van der Waals surface area contributed by atoms with Crippen LogP contribution in [0.3, 0.4) is 0 Å². The van der Waals surface area contributed by atoms with E-state index >= 15 is 0 Å². The molecule has 8 nitrogen and oxygen atoms in total. The second-order valence-electron chi connectivity index (χ2n) is 11.0. The van der Waals surface area contributed by atoms with Gasteiger partial charge in [-0.05, 0) is 62.3 Å². The Morgan fingerprint density at radius 1 is 1.13 bits per heavy atom. The van der Waals surface area contributed by atoms with E-state index in [1.54, 1.807) is 18.7 Å². The highest BCUT2D eigenvalue weighted by Gasteiger charge is 2.46. The Kier molecular flexibility index (Phi) is 8.25. The number of aromatic nitrogens is 1. The van der Waals surface area contributed by atoms with Gasteiger partial charge >= 0.3 is 12.2 Å². The van der Waals surface area contributed by atoms with E-state index in [0.717, 1.165) is 22.4 Å². The molecule has 2 heterocycles. The summed E-state index contributed by atoms with van der Waals surface area (Å²) in [4.78, 5) is 28.5. The smallest absolute Gasteiger partial charge is 0.411 e. The van der Waals surface area contributed by atoms with Crippen LogP contribution in [0.15, 0.2) is 72.9 Å². The third-order valence-corrected chi connectivity index (χ3v) is 7.28. The van der Waals surface area contributed by atoms with Gasteiger partial charge in [-0.15, -0.1) is 0 Å². The predicted octanol–water partition coefficient (Wildman–Crippen LogP) is 6.21. The zero-order valence-electron chi connectivity index (χ0n) is 22.7. The van der Waals surface area contributed by atoms with Gasteiger partial charge in [0.1, 0.15) is 5.60 Å². The van der Waals surface area contributed by atoms with Crippen molar-refractivity contribution in [2.24, 2.45) is 5.73 Å². The highest BCUT2D eigenvalue weighted by molar-refractivity contribution is 5.70. The molecule has 4 N–H and O–H groups in total. The first-order valence-corrected chi connectivity index (χ1v) is 13.3. The summed E-state index contributed by atoms with van der Waals surface area (Å²) in [5.41, 5.74) is 7.56. The molecular formula is C31H37N3O5. The largest absolute Gasteiger partial charge is 0.465 e. The second kappa shape index (κ2) is 11.5. The van der Waals surface area contributed by atoms with E-state index in [-0.39, 0.29) is 12.1 Å². The summed E-state index contributed by atoms with van der Waals surface area (Å²) in [6, 6.07) is 22.2. The molecule has 8 heteroatoms. The number of carbonyl (C=O) groups is 2. The predicted molar refractivity (Wildman–Crippen MR) is 149 cm³/mol. The van der Waals surface area contributed by atoms with Gasteiger partial charge in [-0.25, -0.2) is 9.59 Å². The Labute approximate surface area is 229 Å². The molecule has 39 heavy (non-hydrogen) atoms. The minimum absolute atomic E-state index is 0.127. The number of rotatable bonds is 7. The molecule has 206 valence electrons. The lowest BCUT2D eigenvalue weighted by Crippen LogP contribution is -2.51. The standard InChI is InChI=1S/C30H34N2O3.CH3NO2/c1-21(22-9-13-24(14-10-22)27-16-15-25(19-31-27)23-11-12-23)32-18-17-30(35-28(32)33,20-29(2,3)34)26-7-5-4-6-8-26;2-1(3)4/h4-10,13-16,19,21,23,34H,11-12,17-18,20H2,1-3H3;2H2,(H,3,4)/t21-,30-;/m0./s1. The van der Waals surface area contributed by atoms with E-state index in [4.69, 9.17) is 14.6 Å². The number of nitrogens with zero attached hydrogens (tertiary/aromatic N) is 2. The van der Waals surface area contributed by atoms with E-state index in [9.17, 15) is 9.90 Å². The van der Waals surface area contributed by atoms with Crippen molar-refractivity contribution in [3.05, 3.63) is 89.6 Å². The molecule has 2 atom stereocenters. The van der Waals surface area contributed by atoms with E-state index < -0.39 is 17.3 Å². The van der Waals surface area contributed by atoms with Crippen molar-refractivity contribution in [3.8, 4) is 11.3 Å². The summed E-state index contributed by atoms with van der Waals surface area (Å²) >= 11 is 0. The van der Waals surface area contributed by atoms with Crippen LogP contribution >= 0.6 is 0 Å². The molecular weight excluding hydrogens is 494 g/mol. The first kappa shape index (κ1) is 28.1. The number of ether oxygens (including phenoxy) is 1. The van der Waals surface area contributed by atoms with Gasteiger partial charge < -0.3 is 25.6 Å². The number of cyclic esters (lactones) is 1. The summed E-state index contributed by atoms with van der Waals surface area (Å²) in [5, 5.41) is 17.8. The molecule has 5 rings (SSSR count). The Bertz CT molecular complexity index is 1260. The Hall–Kier alpha value is -3.91. The van der Waals surface area contributed by atoms with E-state index in [0.29, 0.717) is 25.3 Å². The van der Waals surface area contributed by atoms with Crippen LogP contribution in [0.5, 0.6) is 0 Å². The van der Waals surface area contributed by atoms with Crippen LogP contribution in [0.25, 0.3) is 11.3 Å². The van der Waals surface area contributed by atoms with Crippen LogP contribution < -0.4 is 5.73 Å². The minimum atomic E-state index is -1.33. The van der Waals surface area contributed by atoms with E-state index in [1.807, 2.05) is 43.5 Å². The summed E-state index contributed by atoms with van der Waals surface area (Å²) in [7, 11) is 0. The summed E-state index contributed by atoms with van der Waals surface area (Å²) in [6.07, 6.45) is 3.83. The van der Waals surface area contributed by atoms with Crippen molar-refractivity contribution < 1.29 is 24.5 Å². The number of pyridine rings is 1. The molecule has 2 aliphatic rings. The second-order valence-corrected chi connectivity index (χ2v) is 11.0. The van der Waals surface area contributed by atoms with Crippen LogP contribution in [0.4, 0.5) is 9.59 Å². The van der Waals surface area contributed by atoms with Gasteiger partial charge in [-0.2, -0.15) is 0 Å². The van der Waals surface area contributed by atoms with Gasteiger partial charge in [0.15, 0.2) is 0 Å². The lowest BCUT2D eigenvalue weighted by atomic mass is 9.80. The van der Waals surface area contributed by atoms with Gasteiger partial charge in [-0.1, -0.05) is 60.7 Å². The Morgan fingerprint density at radius 2 is 1.77 bits per heavy atom. The van der Waals surface area contributed by atoms with E-state index in [2.05, 4.69) is 47.1 Å². The number of carboxylic acid groups (broad SMARTS) is 1. The van der Waals surface area contributed by atoms with Crippen molar-refractivity contribution in [3.63, 3.8) is 0 Å². The van der Waals surface area contributed by atoms with Crippen LogP contribution in [0.2, 0.25) is 0 Å². The fourth-order valence-corrected chi connectivity index (χ4v) is 5.24. The fourth-order valence-electron chi connectivity index (χ4n) is 5.24. The highest BCUT2D eigenvalue weighted by Crippen LogP contribution is 2.42. The minimum Gasteiger partial charge on any atom is -0.465 e. The Morgan fingerprint density at radius 3 is 2.28 bits per heavy atom. The molecule has 1 saturated heterocycles. The molecule has 1 aliphatic carbocycles. The maximum absolute atomic E-state index is 13.3. The third kappa shape index (κ3) is 7.15. The molecule has 1 aromatic heterocycles. The first-order valence-electron chi connectivity index (χ1n) is 13.3. The number of amides is 2. The van der Waals surface area contributed by atoms with Gasteiger partial charge in [0.25, 0.3) is 0 Å². The molecule has 2 fully saturated rings. The number of benzene rings is 2. The number of primary amides is 1. The van der Waals surface area contributed by atoms with Gasteiger partial charge in [-0.3, -0.25) is 4.98 Å². The number of carbonyl (C=O) groups excluding carboxylic acids is 1. The summed E-state index contributed by atoms with van der Waals surface area (Å²) < 4.78 is 6.14. The van der Waals surface area contributed by atoms with Gasteiger partial charge in [0, 0.05) is 31.1 Å². The molecule has 0 radical (unpaired) electrons. The van der Waals surface area contributed by atoms with Gasteiger partial charge in [0.2, 0.25) is 0 Å². The molecule has 0 bridgehead atoms. The molecule has 1 aliphatic heterocycles. The third-order valence-electron chi connectivity index (χ3n) is 7.28. The van der Waals surface area contributed by atoms with Gasteiger partial charge in [0.05, 0.1) is 17.3 Å². The van der Waals surface area contributed by atoms with Crippen molar-refractivity contribution in [2.45, 2.75) is 69.6 Å². The SMILES string of the molecule is C[C@@H](c1ccc(-c2ccc(C3CC3)cn2)cc1)N1CC[C@](CC(C)(C)O)(c2ccccc2)OC1=O.NC(=O)O. The molecule has 2 amide bonds. The zero-order chi connectivity index (χ0) is 28.2. The highest BCUT2D eigenvalue weighted by atomic mass is 16.6. The number of aliphatic hydroxyl groups is 1. The fraction of sp³-hybridized carbons (Fsp3) is 0.387. The number of hydrogen-bond acceptors (Lipinski definition) is 5. The maximum atomic E-state index is 13.3. The van der Waals surface area contributed by atoms with Crippen LogP contribution in [-0.4, -0.2) is 44.4 Å². The zero-order valence-corrected chi connectivity index (χ0v) is 22.7. The molecule has 3 aromatic rings. The monoisotopic (exact) mass is 531 g/mol. The average Bonchev–Trinajstić information content (AvgIpc) is 3.74. The maximum Gasteiger partial charge on any atom is 0.411 e. The molecule has 0 spiro atoms. The molecule has 0 unspecified atom stereocenters. The topological polar surface area (TPSA) is 126 Å². The van der Waals surface area contributed by atoms with Crippen molar-refractivity contribution >= 4 is 12.2 Å². The number of hydrogen-bond donors (Lipinski definition) is 3. The lowest BCUT2D eigenvalue weighted by Gasteiger charge is -2.45. The summed E-state index contributed by atoms with van der Waals surface area (Å²) in [5.74, 6) is 0.702. The Balaban J connectivity index is 0.000000826. The first-order chi connectivity index (χ1) is 18.5. The normalized spacial score (nSPS) is 19.9.